The highest BCUT2D eigenvalue weighted by Crippen LogP contribution is 2.31. The number of halogens is 3. The number of pyridine rings is 1. The van der Waals surface area contributed by atoms with Crippen LogP contribution in [0.3, 0.4) is 0 Å². The van der Waals surface area contributed by atoms with Gasteiger partial charge in [0.15, 0.2) is 17.4 Å². The van der Waals surface area contributed by atoms with Gasteiger partial charge in [0.1, 0.15) is 12.4 Å². The summed E-state index contributed by atoms with van der Waals surface area (Å²) in [4.78, 5) is 26.3. The second-order valence-electron chi connectivity index (χ2n) is 5.51. The van der Waals surface area contributed by atoms with E-state index in [1.165, 1.54) is 36.5 Å². The van der Waals surface area contributed by atoms with E-state index in [1.54, 1.807) is 0 Å². The number of aromatic amines is 1. The molecule has 0 saturated carbocycles. The van der Waals surface area contributed by atoms with Crippen molar-refractivity contribution in [2.75, 3.05) is 5.32 Å². The van der Waals surface area contributed by atoms with Crippen molar-refractivity contribution in [2.45, 2.75) is 6.67 Å². The van der Waals surface area contributed by atoms with Gasteiger partial charge in [0.05, 0.1) is 5.56 Å². The van der Waals surface area contributed by atoms with Crippen molar-refractivity contribution >= 4 is 11.6 Å². The number of carbonyl (C=O) groups is 1. The van der Waals surface area contributed by atoms with E-state index in [0.717, 1.165) is 18.2 Å². The van der Waals surface area contributed by atoms with Crippen LogP contribution in [0.5, 0.6) is 11.5 Å². The Kier molecular flexibility index (Phi) is 5.25. The molecule has 0 radical (unpaired) electrons. The lowest BCUT2D eigenvalue weighted by Gasteiger charge is -2.13. The first kappa shape index (κ1) is 18.2. The number of hydrogen-bond donors (Lipinski definition) is 2. The van der Waals surface area contributed by atoms with Crippen LogP contribution in [0, 0.1) is 11.6 Å². The summed E-state index contributed by atoms with van der Waals surface area (Å²) in [6, 6.07) is 9.55. The topological polar surface area (TPSA) is 71.2 Å². The summed E-state index contributed by atoms with van der Waals surface area (Å²) in [5.41, 5.74) is -0.215. The highest BCUT2D eigenvalue weighted by atomic mass is 19.1. The third-order valence-corrected chi connectivity index (χ3v) is 3.61. The summed E-state index contributed by atoms with van der Waals surface area (Å²) in [5.74, 6) is -3.49. The van der Waals surface area contributed by atoms with Gasteiger partial charge in [-0.05, 0) is 35.9 Å². The first-order valence-electron chi connectivity index (χ1n) is 7.79. The number of para-hydroxylation sites is 1. The Labute approximate surface area is 151 Å². The number of carbonyl (C=O) groups excluding carboxylic acids is 1. The molecule has 0 bridgehead atoms. The van der Waals surface area contributed by atoms with Crippen molar-refractivity contribution in [2.24, 2.45) is 0 Å². The number of rotatable bonds is 5. The fourth-order valence-electron chi connectivity index (χ4n) is 2.34. The molecule has 0 aliphatic heterocycles. The number of ether oxygens (including phenoxy) is 1. The molecule has 0 spiro atoms. The summed E-state index contributed by atoms with van der Waals surface area (Å²) >= 11 is 0. The SMILES string of the molecule is O=C(Nc1cc[nH]c(=O)c1)c1cc(CF)ccc1Oc1c(F)cccc1F. The normalized spacial score (nSPS) is 10.5. The van der Waals surface area contributed by atoms with Crippen LogP contribution >= 0.6 is 0 Å². The summed E-state index contributed by atoms with van der Waals surface area (Å²) in [7, 11) is 0. The zero-order valence-electron chi connectivity index (χ0n) is 13.8. The number of amides is 1. The van der Waals surface area contributed by atoms with Crippen molar-refractivity contribution in [3.63, 3.8) is 0 Å². The minimum Gasteiger partial charge on any atom is -0.450 e. The van der Waals surface area contributed by atoms with Gasteiger partial charge in [0, 0.05) is 18.0 Å². The predicted molar refractivity (Wildman–Crippen MR) is 92.7 cm³/mol. The van der Waals surface area contributed by atoms with Gasteiger partial charge in [0.2, 0.25) is 5.56 Å². The molecule has 3 aromatic rings. The maximum absolute atomic E-state index is 13.8. The Bertz CT molecular complexity index is 1030. The zero-order chi connectivity index (χ0) is 19.4. The molecule has 3 rings (SSSR count). The fourth-order valence-corrected chi connectivity index (χ4v) is 2.34. The maximum Gasteiger partial charge on any atom is 0.259 e. The van der Waals surface area contributed by atoms with Crippen molar-refractivity contribution in [3.05, 3.63) is 87.8 Å². The second kappa shape index (κ2) is 7.77. The van der Waals surface area contributed by atoms with Gasteiger partial charge in [0.25, 0.3) is 5.91 Å². The molecule has 0 fully saturated rings. The van der Waals surface area contributed by atoms with E-state index in [2.05, 4.69) is 10.3 Å². The number of benzene rings is 2. The summed E-state index contributed by atoms with van der Waals surface area (Å²) in [5, 5.41) is 2.46. The molecule has 0 aliphatic carbocycles. The fraction of sp³-hybridized carbons (Fsp3) is 0.0526. The minimum atomic E-state index is -0.953. The molecular formula is C19H13F3N2O3. The van der Waals surface area contributed by atoms with Crippen LogP contribution in [0.1, 0.15) is 15.9 Å². The van der Waals surface area contributed by atoms with Gasteiger partial charge in [-0.3, -0.25) is 9.59 Å². The Morgan fingerprint density at radius 2 is 1.81 bits per heavy atom. The molecule has 0 unspecified atom stereocenters. The van der Waals surface area contributed by atoms with E-state index in [0.29, 0.717) is 0 Å². The van der Waals surface area contributed by atoms with Gasteiger partial charge in [-0.15, -0.1) is 0 Å². The molecule has 138 valence electrons. The lowest BCUT2D eigenvalue weighted by molar-refractivity contribution is 0.102. The Balaban J connectivity index is 1.98. The third-order valence-electron chi connectivity index (χ3n) is 3.61. The molecule has 0 saturated heterocycles. The van der Waals surface area contributed by atoms with E-state index >= 15 is 0 Å². The van der Waals surface area contributed by atoms with Crippen LogP contribution in [-0.2, 0) is 6.67 Å². The zero-order valence-corrected chi connectivity index (χ0v) is 13.8. The molecular weight excluding hydrogens is 361 g/mol. The molecule has 1 heterocycles. The van der Waals surface area contributed by atoms with Gasteiger partial charge in [-0.25, -0.2) is 13.2 Å². The number of nitrogens with one attached hydrogen (secondary N) is 2. The Hall–Kier alpha value is -3.55. The average Bonchev–Trinajstić information content (AvgIpc) is 2.65. The standard InChI is InChI=1S/C19H13F3N2O3/c20-10-11-4-5-16(27-18-14(21)2-1-3-15(18)22)13(8-11)19(26)24-12-6-7-23-17(25)9-12/h1-9H,10H2,(H2,23,24,25,26). The van der Waals surface area contributed by atoms with Gasteiger partial charge < -0.3 is 15.0 Å². The first-order chi connectivity index (χ1) is 13.0. The highest BCUT2D eigenvalue weighted by Gasteiger charge is 2.18. The molecule has 2 N–H and O–H groups in total. The van der Waals surface area contributed by atoms with E-state index in [4.69, 9.17) is 4.74 Å². The number of alkyl halides is 1. The van der Waals surface area contributed by atoms with Crippen molar-refractivity contribution in [3.8, 4) is 11.5 Å². The smallest absolute Gasteiger partial charge is 0.259 e. The average molecular weight is 374 g/mol. The summed E-state index contributed by atoms with van der Waals surface area (Å²) in [6.07, 6.45) is 1.34. The Morgan fingerprint density at radius 1 is 1.07 bits per heavy atom. The number of aromatic nitrogens is 1. The number of hydrogen-bond acceptors (Lipinski definition) is 3. The van der Waals surface area contributed by atoms with Crippen LogP contribution in [0.4, 0.5) is 18.9 Å². The summed E-state index contributed by atoms with van der Waals surface area (Å²) < 4.78 is 45.9. The van der Waals surface area contributed by atoms with Gasteiger partial charge in [-0.1, -0.05) is 12.1 Å². The summed E-state index contributed by atoms with van der Waals surface area (Å²) in [6.45, 7) is -0.848. The second-order valence-corrected chi connectivity index (χ2v) is 5.51. The van der Waals surface area contributed by atoms with Crippen molar-refractivity contribution in [1.82, 2.24) is 4.98 Å². The van der Waals surface area contributed by atoms with Gasteiger partial charge >= 0.3 is 0 Å². The van der Waals surface area contributed by atoms with E-state index in [-0.39, 0.29) is 22.6 Å². The monoisotopic (exact) mass is 374 g/mol. The molecule has 1 aromatic heterocycles. The molecule has 8 heteroatoms. The minimum absolute atomic E-state index is 0.145. The quantitative estimate of drug-likeness (QED) is 0.704. The number of anilines is 1. The molecule has 0 aliphatic rings. The van der Waals surface area contributed by atoms with E-state index in [9.17, 15) is 22.8 Å². The van der Waals surface area contributed by atoms with E-state index in [1.807, 2.05) is 0 Å². The molecule has 2 aromatic carbocycles. The van der Waals surface area contributed by atoms with Crippen molar-refractivity contribution < 1.29 is 22.7 Å². The van der Waals surface area contributed by atoms with Gasteiger partial charge in [-0.2, -0.15) is 0 Å². The van der Waals surface area contributed by atoms with E-state index < -0.39 is 35.5 Å². The molecule has 5 nitrogen and oxygen atoms in total. The Morgan fingerprint density at radius 3 is 2.48 bits per heavy atom. The lowest BCUT2D eigenvalue weighted by Crippen LogP contribution is -2.15. The van der Waals surface area contributed by atoms with Crippen LogP contribution in [0.15, 0.2) is 59.5 Å². The van der Waals surface area contributed by atoms with Crippen LogP contribution in [0.25, 0.3) is 0 Å². The largest absolute Gasteiger partial charge is 0.450 e. The predicted octanol–water partition coefficient (Wildman–Crippen LogP) is 4.17. The third kappa shape index (κ3) is 4.17. The first-order valence-corrected chi connectivity index (χ1v) is 7.79. The molecule has 0 atom stereocenters. The number of H-pyrrole nitrogens is 1. The molecule has 1 amide bonds. The van der Waals surface area contributed by atoms with Crippen molar-refractivity contribution in [1.29, 1.82) is 0 Å². The van der Waals surface area contributed by atoms with Crippen LogP contribution in [0.2, 0.25) is 0 Å². The van der Waals surface area contributed by atoms with Crippen LogP contribution in [-0.4, -0.2) is 10.9 Å². The van der Waals surface area contributed by atoms with Crippen LogP contribution < -0.4 is 15.6 Å². The molecule has 27 heavy (non-hydrogen) atoms. The maximum atomic E-state index is 13.8. The highest BCUT2D eigenvalue weighted by molar-refractivity contribution is 6.06. The lowest BCUT2D eigenvalue weighted by atomic mass is 10.1.